The van der Waals surface area contributed by atoms with Gasteiger partial charge in [0.1, 0.15) is 5.00 Å². The summed E-state index contributed by atoms with van der Waals surface area (Å²) in [6, 6.07) is 2.00. The van der Waals surface area contributed by atoms with Crippen molar-refractivity contribution in [2.45, 2.75) is 45.4 Å². The third-order valence-corrected chi connectivity index (χ3v) is 7.36. The van der Waals surface area contributed by atoms with Crippen molar-refractivity contribution in [2.24, 2.45) is 11.7 Å². The van der Waals surface area contributed by atoms with Crippen LogP contribution in [-0.2, 0) is 25.7 Å². The fourth-order valence-corrected chi connectivity index (χ4v) is 6.27. The minimum Gasteiger partial charge on any atom is -0.365 e. The van der Waals surface area contributed by atoms with E-state index in [1.807, 2.05) is 6.07 Å². The molecule has 3 N–H and O–H groups in total. The lowest BCUT2D eigenvalue weighted by molar-refractivity contribution is 0.1000. The van der Waals surface area contributed by atoms with Crippen molar-refractivity contribution in [1.82, 2.24) is 0 Å². The second-order valence-electron chi connectivity index (χ2n) is 6.79. The van der Waals surface area contributed by atoms with Gasteiger partial charge in [-0.2, -0.15) is 0 Å². The molecule has 4 nitrogen and oxygen atoms in total. The number of carbonyl (C=O) groups is 2. The summed E-state index contributed by atoms with van der Waals surface area (Å²) in [5.74, 6) is 0.0512. The second kappa shape index (κ2) is 6.01. The number of nitrogens with one attached hydrogen (secondary N) is 1. The first-order valence-corrected chi connectivity index (χ1v) is 10.0. The summed E-state index contributed by atoms with van der Waals surface area (Å²) in [5.41, 5.74) is 8.49. The third kappa shape index (κ3) is 2.67. The molecule has 126 valence electrons. The summed E-state index contributed by atoms with van der Waals surface area (Å²) in [7, 11) is 0. The molecule has 6 heteroatoms. The number of hydrogen-bond acceptors (Lipinski definition) is 4. The number of rotatable bonds is 3. The SMILES string of the molecule is C[C@@H]1CCc2c(sc(NC(=O)c3cc4c(s3)CCC4)c2C(N)=O)C1. The molecule has 2 aliphatic carbocycles. The van der Waals surface area contributed by atoms with E-state index in [4.69, 9.17) is 5.73 Å². The predicted octanol–water partition coefficient (Wildman–Crippen LogP) is 3.77. The Morgan fingerprint density at radius 3 is 2.79 bits per heavy atom. The Kier molecular flexibility index (Phi) is 3.96. The van der Waals surface area contributed by atoms with E-state index in [9.17, 15) is 9.59 Å². The number of hydrogen-bond donors (Lipinski definition) is 2. The molecule has 0 saturated heterocycles. The van der Waals surface area contributed by atoms with E-state index < -0.39 is 5.91 Å². The van der Waals surface area contributed by atoms with Crippen LogP contribution in [0, 0.1) is 5.92 Å². The van der Waals surface area contributed by atoms with E-state index in [-0.39, 0.29) is 5.91 Å². The van der Waals surface area contributed by atoms with Crippen LogP contribution in [0.4, 0.5) is 5.00 Å². The third-order valence-electron chi connectivity index (χ3n) is 4.96. The van der Waals surface area contributed by atoms with E-state index in [2.05, 4.69) is 12.2 Å². The van der Waals surface area contributed by atoms with Crippen molar-refractivity contribution in [3.63, 3.8) is 0 Å². The Bertz CT molecular complexity index is 813. The number of nitrogens with two attached hydrogens (primary N) is 1. The van der Waals surface area contributed by atoms with Gasteiger partial charge in [-0.05, 0) is 61.6 Å². The predicted molar refractivity (Wildman–Crippen MR) is 98.3 cm³/mol. The van der Waals surface area contributed by atoms with Crippen molar-refractivity contribution in [3.05, 3.63) is 37.4 Å². The number of thiophene rings is 2. The van der Waals surface area contributed by atoms with E-state index in [1.165, 1.54) is 33.1 Å². The highest BCUT2D eigenvalue weighted by Gasteiger charge is 2.28. The van der Waals surface area contributed by atoms with Gasteiger partial charge >= 0.3 is 0 Å². The number of amides is 2. The Hall–Kier alpha value is -1.66. The largest absolute Gasteiger partial charge is 0.365 e. The van der Waals surface area contributed by atoms with Crippen LogP contribution in [0.5, 0.6) is 0 Å². The monoisotopic (exact) mass is 360 g/mol. The van der Waals surface area contributed by atoms with Crippen molar-refractivity contribution >= 4 is 39.5 Å². The lowest BCUT2D eigenvalue weighted by Gasteiger charge is -2.18. The van der Waals surface area contributed by atoms with Crippen LogP contribution in [0.3, 0.4) is 0 Å². The van der Waals surface area contributed by atoms with Crippen LogP contribution in [0.1, 0.15) is 60.7 Å². The lowest BCUT2D eigenvalue weighted by Crippen LogP contribution is -2.19. The Morgan fingerprint density at radius 1 is 1.21 bits per heavy atom. The number of carbonyl (C=O) groups excluding carboxylic acids is 2. The summed E-state index contributed by atoms with van der Waals surface area (Å²) >= 11 is 3.09. The average molecular weight is 361 g/mol. The average Bonchev–Trinajstić information content (AvgIpc) is 3.17. The van der Waals surface area contributed by atoms with Crippen molar-refractivity contribution < 1.29 is 9.59 Å². The topological polar surface area (TPSA) is 72.2 Å². The molecule has 0 unspecified atom stereocenters. The van der Waals surface area contributed by atoms with Crippen molar-refractivity contribution in [1.29, 1.82) is 0 Å². The minimum atomic E-state index is -0.439. The zero-order valence-corrected chi connectivity index (χ0v) is 15.2. The van der Waals surface area contributed by atoms with Gasteiger partial charge in [0.25, 0.3) is 11.8 Å². The molecular weight excluding hydrogens is 340 g/mol. The first-order valence-electron chi connectivity index (χ1n) is 8.40. The van der Waals surface area contributed by atoms with Crippen LogP contribution in [-0.4, -0.2) is 11.8 Å². The standard InChI is InChI=1S/C18H20N2O2S2/c1-9-5-6-11-13(7-9)24-18(15(11)16(19)21)20-17(22)14-8-10-3-2-4-12(10)23-14/h8-9H,2-7H2,1H3,(H2,19,21)(H,20,22)/t9-/m1/s1. The second-order valence-corrected chi connectivity index (χ2v) is 9.03. The van der Waals surface area contributed by atoms with Gasteiger partial charge in [-0.1, -0.05) is 6.92 Å². The van der Waals surface area contributed by atoms with Crippen molar-refractivity contribution in [2.75, 3.05) is 5.32 Å². The van der Waals surface area contributed by atoms with Crippen LogP contribution >= 0.6 is 22.7 Å². The van der Waals surface area contributed by atoms with Gasteiger partial charge in [0, 0.05) is 9.75 Å². The van der Waals surface area contributed by atoms with E-state index in [0.717, 1.165) is 42.5 Å². The number of aryl methyl sites for hydroxylation is 2. The smallest absolute Gasteiger partial charge is 0.266 e. The highest BCUT2D eigenvalue weighted by atomic mass is 32.1. The number of fused-ring (bicyclic) bond motifs is 2. The molecule has 2 amide bonds. The van der Waals surface area contributed by atoms with Gasteiger partial charge in [0.15, 0.2) is 0 Å². The van der Waals surface area contributed by atoms with Crippen LogP contribution in [0.15, 0.2) is 6.07 Å². The van der Waals surface area contributed by atoms with Crippen LogP contribution in [0.2, 0.25) is 0 Å². The Morgan fingerprint density at radius 2 is 2.04 bits per heavy atom. The minimum absolute atomic E-state index is 0.122. The molecule has 2 aliphatic rings. The first-order chi connectivity index (χ1) is 11.5. The van der Waals surface area contributed by atoms with Gasteiger partial charge in [-0.25, -0.2) is 0 Å². The Labute approximate surface area is 149 Å². The molecule has 0 aliphatic heterocycles. The molecule has 2 heterocycles. The summed E-state index contributed by atoms with van der Waals surface area (Å²) in [4.78, 5) is 27.8. The fourth-order valence-electron chi connectivity index (χ4n) is 3.71. The normalized spacial score (nSPS) is 19.0. The molecule has 4 rings (SSSR count). The molecule has 0 aromatic carbocycles. The highest BCUT2D eigenvalue weighted by molar-refractivity contribution is 7.17. The van der Waals surface area contributed by atoms with Crippen LogP contribution < -0.4 is 11.1 Å². The van der Waals surface area contributed by atoms with Crippen LogP contribution in [0.25, 0.3) is 0 Å². The summed E-state index contributed by atoms with van der Waals surface area (Å²) < 4.78 is 0. The maximum atomic E-state index is 12.6. The zero-order valence-electron chi connectivity index (χ0n) is 13.6. The summed E-state index contributed by atoms with van der Waals surface area (Å²) in [5, 5.41) is 3.58. The molecule has 0 saturated carbocycles. The molecular formula is C18H20N2O2S2. The van der Waals surface area contributed by atoms with E-state index in [1.54, 1.807) is 11.3 Å². The van der Waals surface area contributed by atoms with Gasteiger partial charge in [0.05, 0.1) is 10.4 Å². The van der Waals surface area contributed by atoms with E-state index >= 15 is 0 Å². The molecule has 24 heavy (non-hydrogen) atoms. The zero-order chi connectivity index (χ0) is 16.8. The van der Waals surface area contributed by atoms with Gasteiger partial charge in [-0.15, -0.1) is 22.7 Å². The molecule has 0 spiro atoms. The highest BCUT2D eigenvalue weighted by Crippen LogP contribution is 2.40. The molecule has 1 atom stereocenters. The van der Waals surface area contributed by atoms with Gasteiger partial charge in [0.2, 0.25) is 0 Å². The quantitative estimate of drug-likeness (QED) is 0.874. The first kappa shape index (κ1) is 15.8. The maximum Gasteiger partial charge on any atom is 0.266 e. The molecule has 0 fully saturated rings. The number of anilines is 1. The fraction of sp³-hybridized carbons (Fsp3) is 0.444. The summed E-state index contributed by atoms with van der Waals surface area (Å²) in [6.07, 6.45) is 6.22. The lowest BCUT2D eigenvalue weighted by atomic mass is 9.88. The molecule has 0 radical (unpaired) electrons. The van der Waals surface area contributed by atoms with E-state index in [0.29, 0.717) is 16.5 Å². The maximum absolute atomic E-state index is 12.6. The van der Waals surface area contributed by atoms with Crippen molar-refractivity contribution in [3.8, 4) is 0 Å². The summed E-state index contributed by atoms with van der Waals surface area (Å²) in [6.45, 7) is 2.22. The molecule has 2 aromatic heterocycles. The number of primary amides is 1. The molecule has 0 bridgehead atoms. The Balaban J connectivity index is 1.63. The van der Waals surface area contributed by atoms with Gasteiger partial charge in [-0.3, -0.25) is 9.59 Å². The van der Waals surface area contributed by atoms with Gasteiger partial charge < -0.3 is 11.1 Å². The molecule has 2 aromatic rings.